The molecular formula is C21H29F2N5O2. The van der Waals surface area contributed by atoms with Crippen molar-refractivity contribution in [3.05, 3.63) is 18.6 Å². The molecule has 3 heterocycles. The van der Waals surface area contributed by atoms with Crippen molar-refractivity contribution in [2.75, 3.05) is 24.6 Å². The second-order valence-corrected chi connectivity index (χ2v) is 9.19. The minimum absolute atomic E-state index is 0.0299. The molecule has 9 heteroatoms. The number of anilines is 1. The van der Waals surface area contributed by atoms with E-state index in [0.29, 0.717) is 6.42 Å². The highest BCUT2D eigenvalue weighted by Crippen LogP contribution is 2.56. The fourth-order valence-electron chi connectivity index (χ4n) is 5.08. The molecule has 5 rings (SSSR count). The SMILES string of the molecule is CCC1(CO)CC(F)(F)C1.NC(=O)C1CCN(c2ncnc3[nH]ccc23)CC12CC2. The number of carbonyl (C=O) groups is 1. The van der Waals surface area contributed by atoms with Crippen molar-refractivity contribution in [1.82, 2.24) is 15.0 Å². The number of H-pyrrole nitrogens is 1. The number of carbonyl (C=O) groups excluding carboxylic acids is 1. The van der Waals surface area contributed by atoms with Crippen molar-refractivity contribution in [3.63, 3.8) is 0 Å². The fraction of sp³-hybridized carbons (Fsp3) is 0.667. The van der Waals surface area contributed by atoms with Gasteiger partial charge >= 0.3 is 0 Å². The summed E-state index contributed by atoms with van der Waals surface area (Å²) in [5, 5.41) is 9.78. The minimum Gasteiger partial charge on any atom is -0.396 e. The summed E-state index contributed by atoms with van der Waals surface area (Å²) in [6, 6.07) is 2.00. The van der Waals surface area contributed by atoms with Gasteiger partial charge in [-0.25, -0.2) is 18.7 Å². The van der Waals surface area contributed by atoms with Crippen LogP contribution >= 0.6 is 0 Å². The summed E-state index contributed by atoms with van der Waals surface area (Å²) in [4.78, 5) is 25.7. The van der Waals surface area contributed by atoms with Crippen molar-refractivity contribution in [1.29, 1.82) is 0 Å². The molecule has 2 aromatic rings. The molecule has 7 nitrogen and oxygen atoms in total. The molecule has 3 aliphatic rings. The Morgan fingerprint density at radius 2 is 2.10 bits per heavy atom. The third kappa shape index (κ3) is 3.75. The zero-order chi connectivity index (χ0) is 21.6. The lowest BCUT2D eigenvalue weighted by molar-refractivity contribution is -0.177. The number of aliphatic hydroxyl groups excluding tert-OH is 1. The van der Waals surface area contributed by atoms with Crippen LogP contribution in [0.25, 0.3) is 11.0 Å². The lowest BCUT2D eigenvalue weighted by atomic mass is 9.65. The first-order valence-electron chi connectivity index (χ1n) is 10.5. The Bertz CT molecular complexity index is 913. The summed E-state index contributed by atoms with van der Waals surface area (Å²) >= 11 is 0. The number of hydrogen-bond donors (Lipinski definition) is 3. The molecule has 2 aliphatic carbocycles. The maximum Gasteiger partial charge on any atom is 0.249 e. The van der Waals surface area contributed by atoms with Crippen LogP contribution in [0.3, 0.4) is 0 Å². The highest BCUT2D eigenvalue weighted by atomic mass is 19.3. The predicted molar refractivity (Wildman–Crippen MR) is 109 cm³/mol. The van der Waals surface area contributed by atoms with E-state index in [1.165, 1.54) is 0 Å². The number of nitrogens with one attached hydrogen (secondary N) is 1. The number of alkyl halides is 2. The number of amides is 1. The average molecular weight is 421 g/mol. The van der Waals surface area contributed by atoms with Gasteiger partial charge in [0.05, 0.1) is 5.39 Å². The second-order valence-electron chi connectivity index (χ2n) is 9.19. The van der Waals surface area contributed by atoms with E-state index >= 15 is 0 Å². The monoisotopic (exact) mass is 421 g/mol. The molecule has 30 heavy (non-hydrogen) atoms. The molecule has 1 atom stereocenters. The molecule has 2 saturated carbocycles. The molecule has 0 bridgehead atoms. The van der Waals surface area contributed by atoms with Gasteiger partial charge in [0.25, 0.3) is 0 Å². The predicted octanol–water partition coefficient (Wildman–Crippen LogP) is 2.85. The molecule has 4 N–H and O–H groups in total. The topological polar surface area (TPSA) is 108 Å². The number of aromatic amines is 1. The van der Waals surface area contributed by atoms with Crippen LogP contribution in [-0.4, -0.2) is 51.6 Å². The van der Waals surface area contributed by atoms with Crippen molar-refractivity contribution in [2.24, 2.45) is 22.5 Å². The maximum atomic E-state index is 12.3. The van der Waals surface area contributed by atoms with Crippen molar-refractivity contribution >= 4 is 22.8 Å². The Morgan fingerprint density at radius 3 is 2.63 bits per heavy atom. The van der Waals surface area contributed by atoms with Gasteiger partial charge < -0.3 is 20.7 Å². The highest BCUT2D eigenvalue weighted by molar-refractivity contribution is 5.87. The molecule has 3 fully saturated rings. The fourth-order valence-corrected chi connectivity index (χ4v) is 5.08. The molecule has 0 aromatic carbocycles. The normalized spacial score (nSPS) is 25.3. The Morgan fingerprint density at radius 1 is 1.37 bits per heavy atom. The first kappa shape index (κ1) is 21.0. The third-order valence-corrected chi connectivity index (χ3v) is 7.15. The molecule has 1 amide bonds. The molecular weight excluding hydrogens is 392 g/mol. The smallest absolute Gasteiger partial charge is 0.249 e. The number of aromatic nitrogens is 3. The van der Waals surface area contributed by atoms with Gasteiger partial charge in [-0.2, -0.15) is 0 Å². The number of nitrogens with two attached hydrogens (primary N) is 1. The summed E-state index contributed by atoms with van der Waals surface area (Å²) in [6.45, 7) is 3.44. The van der Waals surface area contributed by atoms with Gasteiger partial charge in [0.1, 0.15) is 17.8 Å². The summed E-state index contributed by atoms with van der Waals surface area (Å²) in [5.41, 5.74) is 6.05. The van der Waals surface area contributed by atoms with Gasteiger partial charge in [-0.05, 0) is 37.2 Å². The van der Waals surface area contributed by atoms with Crippen LogP contribution in [0.4, 0.5) is 14.6 Å². The van der Waals surface area contributed by atoms with Crippen molar-refractivity contribution in [2.45, 2.75) is 51.4 Å². The largest absolute Gasteiger partial charge is 0.396 e. The average Bonchev–Trinajstić information content (AvgIpc) is 3.27. The van der Waals surface area contributed by atoms with E-state index in [0.717, 1.165) is 49.2 Å². The van der Waals surface area contributed by atoms with E-state index in [1.807, 2.05) is 19.2 Å². The van der Waals surface area contributed by atoms with Crippen molar-refractivity contribution < 1.29 is 18.7 Å². The number of halogens is 2. The standard InChI is InChI=1S/C14H17N5O.C7H12F2O/c15-11(20)10-2-6-19(7-14(10)3-4-14)13-9-1-5-16-12(9)17-8-18-13;1-2-6(5-10)3-7(8,9)4-6/h1,5,8,10H,2-4,6-7H2,(H2,15,20)(H,16,17,18);10H,2-5H2,1H3. The van der Waals surface area contributed by atoms with Crippen LogP contribution in [-0.2, 0) is 4.79 Å². The molecule has 1 saturated heterocycles. The van der Waals surface area contributed by atoms with Crippen molar-refractivity contribution in [3.8, 4) is 0 Å². The second kappa shape index (κ2) is 7.44. The number of fused-ring (bicyclic) bond motifs is 1. The van der Waals surface area contributed by atoms with Gasteiger partial charge in [-0.3, -0.25) is 4.79 Å². The van der Waals surface area contributed by atoms with E-state index in [9.17, 15) is 13.6 Å². The van der Waals surface area contributed by atoms with Gasteiger partial charge in [0, 0.05) is 50.1 Å². The Balaban J connectivity index is 0.000000185. The summed E-state index contributed by atoms with van der Waals surface area (Å²) in [5.74, 6) is -1.65. The highest BCUT2D eigenvalue weighted by Gasteiger charge is 2.55. The molecule has 164 valence electrons. The summed E-state index contributed by atoms with van der Waals surface area (Å²) in [7, 11) is 0. The third-order valence-electron chi connectivity index (χ3n) is 7.15. The quantitative estimate of drug-likeness (QED) is 0.704. The first-order valence-corrected chi connectivity index (χ1v) is 10.5. The van der Waals surface area contributed by atoms with E-state index in [4.69, 9.17) is 10.8 Å². The minimum atomic E-state index is -2.50. The van der Waals surface area contributed by atoms with Crippen LogP contribution in [0.15, 0.2) is 18.6 Å². The molecule has 1 spiro atoms. The number of primary amides is 1. The maximum absolute atomic E-state index is 12.3. The van der Waals surface area contributed by atoms with Crippen LogP contribution in [0.2, 0.25) is 0 Å². The molecule has 1 aliphatic heterocycles. The van der Waals surface area contributed by atoms with Crippen LogP contribution in [0.1, 0.15) is 45.4 Å². The zero-order valence-electron chi connectivity index (χ0n) is 17.2. The van der Waals surface area contributed by atoms with Gasteiger partial charge in [0.15, 0.2) is 0 Å². The van der Waals surface area contributed by atoms with E-state index in [-0.39, 0.29) is 36.7 Å². The number of nitrogens with zero attached hydrogens (tertiary/aromatic N) is 3. The summed E-state index contributed by atoms with van der Waals surface area (Å²) < 4.78 is 24.6. The number of aliphatic hydroxyl groups is 1. The van der Waals surface area contributed by atoms with Gasteiger partial charge in [0.2, 0.25) is 11.8 Å². The van der Waals surface area contributed by atoms with Gasteiger partial charge in [-0.1, -0.05) is 6.92 Å². The molecule has 1 unspecified atom stereocenters. The van der Waals surface area contributed by atoms with E-state index in [2.05, 4.69) is 19.9 Å². The van der Waals surface area contributed by atoms with Crippen LogP contribution in [0, 0.1) is 16.7 Å². The Kier molecular flexibility index (Phi) is 5.20. The zero-order valence-corrected chi connectivity index (χ0v) is 17.2. The lowest BCUT2D eigenvalue weighted by Gasteiger charge is -2.45. The molecule has 0 radical (unpaired) electrons. The van der Waals surface area contributed by atoms with E-state index < -0.39 is 11.3 Å². The lowest BCUT2D eigenvalue weighted by Crippen LogP contribution is -2.47. The number of rotatable bonds is 4. The number of piperidine rings is 1. The van der Waals surface area contributed by atoms with Crippen LogP contribution in [0.5, 0.6) is 0 Å². The van der Waals surface area contributed by atoms with Crippen LogP contribution < -0.4 is 10.6 Å². The van der Waals surface area contributed by atoms with Gasteiger partial charge in [-0.15, -0.1) is 0 Å². The molecule has 2 aromatic heterocycles. The Labute approximate surface area is 174 Å². The first-order chi connectivity index (χ1) is 14.2. The number of hydrogen-bond acceptors (Lipinski definition) is 5. The summed E-state index contributed by atoms with van der Waals surface area (Å²) in [6.07, 6.45) is 6.88. The Hall–Kier alpha value is -2.29. The van der Waals surface area contributed by atoms with E-state index in [1.54, 1.807) is 6.33 Å².